The molecule has 1 N–H and O–H groups in total. The first-order chi connectivity index (χ1) is 12.9. The number of nitrogens with one attached hydrogen (secondary N) is 1. The maximum atomic E-state index is 11.7. The van der Waals surface area contributed by atoms with E-state index in [0.717, 1.165) is 11.3 Å². The van der Waals surface area contributed by atoms with E-state index < -0.39 is 10.6 Å². The van der Waals surface area contributed by atoms with Crippen molar-refractivity contribution in [1.29, 1.82) is 0 Å². The van der Waals surface area contributed by atoms with Gasteiger partial charge in [-0.25, -0.2) is 4.79 Å². The van der Waals surface area contributed by atoms with E-state index in [1.165, 1.54) is 10.8 Å². The van der Waals surface area contributed by atoms with Gasteiger partial charge in [0, 0.05) is 13.1 Å². The minimum atomic E-state index is -0.625. The van der Waals surface area contributed by atoms with Crippen LogP contribution in [0.3, 0.4) is 0 Å². The monoisotopic (exact) mass is 372 g/mol. The first-order valence-corrected chi connectivity index (χ1v) is 8.43. The van der Waals surface area contributed by atoms with Crippen molar-refractivity contribution in [2.24, 2.45) is 5.92 Å². The highest BCUT2D eigenvalue weighted by atomic mass is 16.6. The van der Waals surface area contributed by atoms with Crippen LogP contribution < -0.4 is 10.4 Å². The molecule has 0 aliphatic heterocycles. The largest absolute Gasteiger partial charge is 0.487 e. The molecule has 10 nitrogen and oxygen atoms in total. The number of benzene rings is 1. The molecule has 1 atom stereocenters. The van der Waals surface area contributed by atoms with Gasteiger partial charge in [0.05, 0.1) is 6.20 Å². The summed E-state index contributed by atoms with van der Waals surface area (Å²) in [6, 6.07) is 7.74. The fourth-order valence-corrected chi connectivity index (χ4v) is 2.65. The summed E-state index contributed by atoms with van der Waals surface area (Å²) in [6.45, 7) is 5.09. The van der Waals surface area contributed by atoms with Crippen molar-refractivity contribution in [1.82, 2.24) is 24.5 Å². The van der Waals surface area contributed by atoms with Gasteiger partial charge >= 0.3 is 11.5 Å². The molecule has 0 radical (unpaired) electrons. The van der Waals surface area contributed by atoms with Crippen LogP contribution in [0.25, 0.3) is 0 Å². The number of imidazole rings is 1. The summed E-state index contributed by atoms with van der Waals surface area (Å²) >= 11 is 0. The summed E-state index contributed by atoms with van der Waals surface area (Å²) in [5.41, 5.74) is 1.35. The molecule has 0 fully saturated rings. The predicted molar refractivity (Wildman–Crippen MR) is 96.4 cm³/mol. The van der Waals surface area contributed by atoms with E-state index in [1.54, 1.807) is 10.9 Å². The maximum absolute atomic E-state index is 11.7. The number of rotatable bonds is 8. The maximum Gasteiger partial charge on any atom is 0.413 e. The topological polar surface area (TPSA) is 121 Å². The summed E-state index contributed by atoms with van der Waals surface area (Å²) in [5.74, 6) is 0.464. The molecule has 2 heterocycles. The molecular formula is C17H20N6O4. The fourth-order valence-electron chi connectivity index (χ4n) is 2.65. The number of nitrogens with zero attached hydrogens (tertiary/aromatic N) is 5. The minimum absolute atomic E-state index is 0.0191. The van der Waals surface area contributed by atoms with Crippen molar-refractivity contribution in [3.8, 4) is 5.75 Å². The van der Waals surface area contributed by atoms with Crippen LogP contribution >= 0.6 is 0 Å². The number of hydrogen-bond acceptors (Lipinski definition) is 6. The van der Waals surface area contributed by atoms with E-state index in [9.17, 15) is 14.9 Å². The molecule has 0 bridgehead atoms. The van der Waals surface area contributed by atoms with E-state index in [0.29, 0.717) is 25.4 Å². The molecule has 0 aliphatic carbocycles. The third-order valence-electron chi connectivity index (χ3n) is 3.97. The van der Waals surface area contributed by atoms with E-state index in [4.69, 9.17) is 4.74 Å². The molecule has 0 aliphatic rings. The van der Waals surface area contributed by atoms with Crippen molar-refractivity contribution in [3.05, 3.63) is 68.5 Å². The highest BCUT2D eigenvalue weighted by Crippen LogP contribution is 2.13. The number of aromatic nitrogens is 5. The zero-order valence-electron chi connectivity index (χ0n) is 15.0. The van der Waals surface area contributed by atoms with Crippen molar-refractivity contribution >= 4 is 5.82 Å². The number of H-pyrrole nitrogens is 1. The fraction of sp³-hybridized carbons (Fsp3) is 0.353. The number of nitro groups is 1. The van der Waals surface area contributed by atoms with E-state index in [-0.39, 0.29) is 11.7 Å². The van der Waals surface area contributed by atoms with Crippen LogP contribution in [0, 0.1) is 23.0 Å². The van der Waals surface area contributed by atoms with Gasteiger partial charge in [-0.15, -0.1) is 5.10 Å². The molecule has 10 heteroatoms. The molecule has 2 aromatic heterocycles. The molecule has 0 saturated carbocycles. The average Bonchev–Trinajstić information content (AvgIpc) is 3.21. The Kier molecular flexibility index (Phi) is 5.34. The molecule has 0 unspecified atom stereocenters. The van der Waals surface area contributed by atoms with Crippen LogP contribution in [0.2, 0.25) is 0 Å². The lowest BCUT2D eigenvalue weighted by Crippen LogP contribution is -2.22. The van der Waals surface area contributed by atoms with Gasteiger partial charge in [0.15, 0.2) is 0 Å². The Hall–Kier alpha value is -3.43. The van der Waals surface area contributed by atoms with Crippen molar-refractivity contribution in [3.63, 3.8) is 0 Å². The third kappa shape index (κ3) is 4.81. The zero-order valence-corrected chi connectivity index (χ0v) is 15.0. The molecule has 3 aromatic rings. The lowest BCUT2D eigenvalue weighted by Gasteiger charge is -2.10. The Morgan fingerprint density at radius 3 is 2.67 bits per heavy atom. The SMILES string of the molecule is Cc1ccc(OCc2cn(C[C@@H](C)Cn3cc([N+](=O)[O-])[nH]c3=O)nn2)cc1. The Morgan fingerprint density at radius 1 is 1.26 bits per heavy atom. The number of ether oxygens (including phenoxy) is 1. The Morgan fingerprint density at radius 2 is 2.00 bits per heavy atom. The summed E-state index contributed by atoms with van der Waals surface area (Å²) in [7, 11) is 0. The van der Waals surface area contributed by atoms with E-state index >= 15 is 0 Å². The number of hydrogen-bond donors (Lipinski definition) is 1. The summed E-state index contributed by atoms with van der Waals surface area (Å²) < 4.78 is 8.64. The highest BCUT2D eigenvalue weighted by Gasteiger charge is 2.15. The lowest BCUT2D eigenvalue weighted by molar-refractivity contribution is -0.389. The van der Waals surface area contributed by atoms with Crippen LogP contribution in [0.4, 0.5) is 5.82 Å². The first kappa shape index (κ1) is 18.4. The Bertz CT molecular complexity index is 972. The van der Waals surface area contributed by atoms with Crippen LogP contribution in [0.1, 0.15) is 18.2 Å². The molecule has 0 amide bonds. The normalized spacial score (nSPS) is 12.1. The van der Waals surface area contributed by atoms with Crippen molar-refractivity contribution in [2.45, 2.75) is 33.5 Å². The molecule has 142 valence electrons. The highest BCUT2D eigenvalue weighted by molar-refractivity contribution is 5.26. The second-order valence-corrected chi connectivity index (χ2v) is 6.49. The average molecular weight is 372 g/mol. The van der Waals surface area contributed by atoms with Crippen LogP contribution in [0.5, 0.6) is 5.75 Å². The van der Waals surface area contributed by atoms with Crippen molar-refractivity contribution < 1.29 is 9.66 Å². The van der Waals surface area contributed by atoms with Gasteiger partial charge in [-0.05, 0) is 29.9 Å². The second kappa shape index (κ2) is 7.85. The smallest absolute Gasteiger partial charge is 0.413 e. The Balaban J connectivity index is 1.54. The quantitative estimate of drug-likeness (QED) is 0.476. The standard InChI is InChI=1S/C17H20N6O4/c1-12-3-5-15(6-4-12)27-11-14-9-22(20-19-14)8-13(2)7-21-10-16(23(25)26)18-17(21)24/h3-6,9-10,13H,7-8,11H2,1-2H3,(H,18,24)/t13-/m0/s1. The molecule has 27 heavy (non-hydrogen) atoms. The summed E-state index contributed by atoms with van der Waals surface area (Å²) in [4.78, 5) is 24.0. The lowest BCUT2D eigenvalue weighted by atomic mass is 10.2. The van der Waals surface area contributed by atoms with Crippen LogP contribution in [-0.2, 0) is 19.7 Å². The van der Waals surface area contributed by atoms with Gasteiger partial charge in [-0.3, -0.25) is 9.25 Å². The van der Waals surface area contributed by atoms with Gasteiger partial charge < -0.3 is 14.9 Å². The van der Waals surface area contributed by atoms with Crippen LogP contribution in [-0.4, -0.2) is 29.5 Å². The van der Waals surface area contributed by atoms with Gasteiger partial charge in [-0.1, -0.05) is 29.8 Å². The van der Waals surface area contributed by atoms with Crippen molar-refractivity contribution in [2.75, 3.05) is 0 Å². The van der Waals surface area contributed by atoms with E-state index in [1.807, 2.05) is 38.1 Å². The second-order valence-electron chi connectivity index (χ2n) is 6.49. The third-order valence-corrected chi connectivity index (χ3v) is 3.97. The molecular weight excluding hydrogens is 352 g/mol. The Labute approximate surface area is 154 Å². The summed E-state index contributed by atoms with van der Waals surface area (Å²) in [5, 5.41) is 18.9. The molecule has 3 rings (SSSR count). The van der Waals surface area contributed by atoms with Gasteiger partial charge in [0.25, 0.3) is 0 Å². The van der Waals surface area contributed by atoms with Gasteiger partial charge in [-0.2, -0.15) is 4.98 Å². The minimum Gasteiger partial charge on any atom is -0.487 e. The summed E-state index contributed by atoms with van der Waals surface area (Å²) in [6.07, 6.45) is 2.99. The van der Waals surface area contributed by atoms with E-state index in [2.05, 4.69) is 15.3 Å². The number of aromatic amines is 1. The van der Waals surface area contributed by atoms with Gasteiger partial charge in [0.2, 0.25) is 0 Å². The number of aryl methyl sites for hydroxylation is 1. The zero-order chi connectivity index (χ0) is 19.4. The van der Waals surface area contributed by atoms with Crippen LogP contribution in [0.15, 0.2) is 41.5 Å². The van der Waals surface area contributed by atoms with Gasteiger partial charge in [0.1, 0.15) is 24.2 Å². The molecule has 0 spiro atoms. The predicted octanol–water partition coefficient (Wildman–Crippen LogP) is 1.90. The molecule has 1 aromatic carbocycles. The first-order valence-electron chi connectivity index (χ1n) is 8.43. The molecule has 0 saturated heterocycles.